The molecule has 1 aliphatic carbocycles. The number of carbonyl (C=O) groups is 2. The standard InChI is InChI=1S/C17H24O10/c1-6-3-8(19)11-7(15(23)24-2)5-25-16(10(6)11)27-17-14(22)13(21)12(20)9(4-18)26-17/h5-6,9-14,16-18,20-22H,3-4H2,1-2H3/t6-,9-,10?,11?,12-,13+,14-,16+,17+/m1/s1. The molecule has 9 atom stereocenters. The molecule has 0 bridgehead atoms. The van der Waals surface area contributed by atoms with E-state index in [2.05, 4.69) is 0 Å². The molecule has 2 heterocycles. The lowest BCUT2D eigenvalue weighted by molar-refractivity contribution is -0.342. The van der Waals surface area contributed by atoms with E-state index in [0.717, 1.165) is 6.26 Å². The smallest absolute Gasteiger partial charge is 0.337 e. The van der Waals surface area contributed by atoms with Gasteiger partial charge >= 0.3 is 5.97 Å². The highest BCUT2D eigenvalue weighted by Gasteiger charge is 2.54. The monoisotopic (exact) mass is 388 g/mol. The topological polar surface area (TPSA) is 152 Å². The minimum Gasteiger partial charge on any atom is -0.472 e. The Balaban J connectivity index is 1.82. The molecule has 2 unspecified atom stereocenters. The van der Waals surface area contributed by atoms with Crippen LogP contribution in [0.2, 0.25) is 0 Å². The van der Waals surface area contributed by atoms with Crippen LogP contribution in [0.25, 0.3) is 0 Å². The van der Waals surface area contributed by atoms with Gasteiger partial charge in [0.15, 0.2) is 6.29 Å². The van der Waals surface area contributed by atoms with Crippen LogP contribution in [-0.4, -0.2) is 82.9 Å². The fourth-order valence-electron chi connectivity index (χ4n) is 3.96. The average molecular weight is 388 g/mol. The highest BCUT2D eigenvalue weighted by Crippen LogP contribution is 2.45. The number of aliphatic hydroxyl groups is 4. The number of rotatable bonds is 4. The van der Waals surface area contributed by atoms with Crippen molar-refractivity contribution in [2.75, 3.05) is 13.7 Å². The Morgan fingerprint density at radius 1 is 1.22 bits per heavy atom. The van der Waals surface area contributed by atoms with Crippen molar-refractivity contribution in [3.8, 4) is 0 Å². The van der Waals surface area contributed by atoms with Gasteiger partial charge in [0, 0.05) is 12.3 Å². The third kappa shape index (κ3) is 3.48. The van der Waals surface area contributed by atoms with Crippen LogP contribution < -0.4 is 0 Å². The molecule has 27 heavy (non-hydrogen) atoms. The molecule has 0 aromatic heterocycles. The molecule has 0 radical (unpaired) electrons. The van der Waals surface area contributed by atoms with Crippen molar-refractivity contribution in [3.63, 3.8) is 0 Å². The fourth-order valence-corrected chi connectivity index (χ4v) is 3.96. The first-order chi connectivity index (χ1) is 12.8. The van der Waals surface area contributed by atoms with Crippen molar-refractivity contribution in [2.45, 2.75) is 50.3 Å². The lowest BCUT2D eigenvalue weighted by Gasteiger charge is -2.42. The van der Waals surface area contributed by atoms with Gasteiger partial charge in [-0.1, -0.05) is 6.92 Å². The maximum absolute atomic E-state index is 12.4. The quantitative estimate of drug-likeness (QED) is 0.400. The van der Waals surface area contributed by atoms with Gasteiger partial charge in [-0.25, -0.2) is 4.79 Å². The number of hydrogen-bond acceptors (Lipinski definition) is 10. The third-order valence-corrected chi connectivity index (χ3v) is 5.43. The van der Waals surface area contributed by atoms with E-state index in [0.29, 0.717) is 0 Å². The highest BCUT2D eigenvalue weighted by molar-refractivity contribution is 5.99. The van der Waals surface area contributed by atoms with E-state index in [1.165, 1.54) is 7.11 Å². The summed E-state index contributed by atoms with van der Waals surface area (Å²) in [6.07, 6.45) is -6.93. The summed E-state index contributed by atoms with van der Waals surface area (Å²) in [5.41, 5.74) is 0.102. The van der Waals surface area contributed by atoms with Crippen LogP contribution in [0.5, 0.6) is 0 Å². The Kier molecular flexibility index (Phi) is 5.84. The van der Waals surface area contributed by atoms with Gasteiger partial charge in [0.05, 0.1) is 31.5 Å². The second-order valence-electron chi connectivity index (χ2n) is 7.11. The van der Waals surface area contributed by atoms with Gasteiger partial charge in [0.1, 0.15) is 30.2 Å². The molecule has 0 aromatic carbocycles. The van der Waals surface area contributed by atoms with Crippen molar-refractivity contribution < 1.29 is 49.0 Å². The van der Waals surface area contributed by atoms with E-state index >= 15 is 0 Å². The van der Waals surface area contributed by atoms with Crippen LogP contribution in [0, 0.1) is 17.8 Å². The highest BCUT2D eigenvalue weighted by atomic mass is 16.8. The van der Waals surface area contributed by atoms with Crippen molar-refractivity contribution >= 4 is 11.8 Å². The van der Waals surface area contributed by atoms with Crippen molar-refractivity contribution in [1.82, 2.24) is 0 Å². The molecule has 152 valence electrons. The summed E-state index contributed by atoms with van der Waals surface area (Å²) in [6, 6.07) is 0. The van der Waals surface area contributed by atoms with Crippen molar-refractivity contribution in [3.05, 3.63) is 11.8 Å². The van der Waals surface area contributed by atoms with Crippen molar-refractivity contribution in [1.29, 1.82) is 0 Å². The molecule has 0 amide bonds. The van der Waals surface area contributed by atoms with Crippen LogP contribution >= 0.6 is 0 Å². The molecule has 0 aromatic rings. The van der Waals surface area contributed by atoms with Gasteiger partial charge in [0.2, 0.25) is 6.29 Å². The van der Waals surface area contributed by atoms with Crippen LogP contribution in [-0.2, 0) is 28.5 Å². The normalized spacial score (nSPS) is 44.3. The molecule has 3 rings (SSSR count). The molecule has 10 nitrogen and oxygen atoms in total. The second kappa shape index (κ2) is 7.82. The van der Waals surface area contributed by atoms with Crippen LogP contribution in [0.3, 0.4) is 0 Å². The summed E-state index contributed by atoms with van der Waals surface area (Å²) in [6.45, 7) is 1.22. The Morgan fingerprint density at radius 3 is 2.56 bits per heavy atom. The van der Waals surface area contributed by atoms with Crippen molar-refractivity contribution in [2.24, 2.45) is 17.8 Å². The minimum absolute atomic E-state index is 0.102. The number of methoxy groups -OCH3 is 1. The largest absolute Gasteiger partial charge is 0.472 e. The Morgan fingerprint density at radius 2 is 1.93 bits per heavy atom. The molecule has 1 saturated heterocycles. The summed E-state index contributed by atoms with van der Waals surface area (Å²) in [4.78, 5) is 24.4. The van der Waals surface area contributed by atoms with E-state index in [1.807, 2.05) is 6.92 Å². The van der Waals surface area contributed by atoms with E-state index in [9.17, 15) is 30.0 Å². The van der Waals surface area contributed by atoms with E-state index in [1.54, 1.807) is 0 Å². The summed E-state index contributed by atoms with van der Waals surface area (Å²) < 4.78 is 21.2. The zero-order valence-corrected chi connectivity index (χ0v) is 14.9. The summed E-state index contributed by atoms with van der Waals surface area (Å²) in [7, 11) is 1.21. The Labute approximate surface area is 155 Å². The van der Waals surface area contributed by atoms with Gasteiger partial charge in [0.25, 0.3) is 0 Å². The molecular formula is C17H24O10. The van der Waals surface area contributed by atoms with Gasteiger partial charge < -0.3 is 39.4 Å². The zero-order chi connectivity index (χ0) is 19.9. The van der Waals surface area contributed by atoms with E-state index in [4.69, 9.17) is 18.9 Å². The van der Waals surface area contributed by atoms with E-state index < -0.39 is 61.4 Å². The zero-order valence-electron chi connectivity index (χ0n) is 14.9. The fraction of sp³-hybridized carbons (Fsp3) is 0.765. The summed E-state index contributed by atoms with van der Waals surface area (Å²) >= 11 is 0. The molecule has 2 aliphatic heterocycles. The number of hydrogen-bond donors (Lipinski definition) is 4. The van der Waals surface area contributed by atoms with Crippen LogP contribution in [0.4, 0.5) is 0 Å². The average Bonchev–Trinajstić information content (AvgIpc) is 2.96. The predicted octanol–water partition coefficient (Wildman–Crippen LogP) is -1.94. The number of fused-ring (bicyclic) bond motifs is 1. The van der Waals surface area contributed by atoms with Crippen LogP contribution in [0.15, 0.2) is 11.8 Å². The number of carbonyl (C=O) groups excluding carboxylic acids is 2. The molecule has 10 heteroatoms. The third-order valence-electron chi connectivity index (χ3n) is 5.43. The number of esters is 1. The molecule has 4 N–H and O–H groups in total. The summed E-state index contributed by atoms with van der Waals surface area (Å²) in [5.74, 6) is -2.28. The lowest BCUT2D eigenvalue weighted by Crippen LogP contribution is -2.60. The Hall–Kier alpha value is -1.56. The van der Waals surface area contributed by atoms with Gasteiger partial charge in [-0.05, 0) is 5.92 Å². The maximum Gasteiger partial charge on any atom is 0.337 e. The first-order valence-corrected chi connectivity index (χ1v) is 8.72. The molecule has 0 spiro atoms. The number of Topliss-reactive ketones (excluding diaryl/α,β-unsaturated/α-hetero) is 1. The molecule has 3 aliphatic rings. The number of ether oxygens (including phenoxy) is 4. The molecule has 1 saturated carbocycles. The van der Waals surface area contributed by atoms with Crippen LogP contribution in [0.1, 0.15) is 13.3 Å². The number of aliphatic hydroxyl groups excluding tert-OH is 4. The van der Waals surface area contributed by atoms with Gasteiger partial charge in [-0.2, -0.15) is 0 Å². The first kappa shape index (κ1) is 20.2. The predicted molar refractivity (Wildman–Crippen MR) is 85.6 cm³/mol. The Bertz CT molecular complexity index is 617. The summed E-state index contributed by atoms with van der Waals surface area (Å²) in [5, 5.41) is 39.1. The molecule has 2 fully saturated rings. The first-order valence-electron chi connectivity index (χ1n) is 8.72. The maximum atomic E-state index is 12.4. The minimum atomic E-state index is -1.59. The molecular weight excluding hydrogens is 364 g/mol. The lowest BCUT2D eigenvalue weighted by atomic mass is 9.83. The van der Waals surface area contributed by atoms with E-state index in [-0.39, 0.29) is 23.7 Å². The SMILES string of the molecule is COC(=O)C1=CO[C@@H](O[C@@H]2O[C@H](CO)[C@@H](O)[C@H](O)[C@H]2O)C2C1C(=O)C[C@H]2C. The van der Waals surface area contributed by atoms with Gasteiger partial charge in [-0.3, -0.25) is 4.79 Å². The second-order valence-corrected chi connectivity index (χ2v) is 7.11. The van der Waals surface area contributed by atoms with Gasteiger partial charge in [-0.15, -0.1) is 0 Å². The number of ketones is 1.